The summed E-state index contributed by atoms with van der Waals surface area (Å²) in [6, 6.07) is 14.2. The van der Waals surface area contributed by atoms with Crippen LogP contribution in [0.3, 0.4) is 0 Å². The fourth-order valence-corrected chi connectivity index (χ4v) is 3.58. The van der Waals surface area contributed by atoms with Crippen LogP contribution in [0.15, 0.2) is 53.2 Å². The largest absolute Gasteiger partial charge is 0.307 e. The second kappa shape index (κ2) is 4.46. The molecule has 2 nitrogen and oxygen atoms in total. The standard InChI is InChI=1S/C17H13NOS/c19-17-14-5-1-3-13-4-2-6-15(16(13)14)18(17)9-7-12-8-10-20-11-12/h1-6,8,10-11H,7,9H2. The normalized spacial score (nSPS) is 13.4. The van der Waals surface area contributed by atoms with Crippen LogP contribution in [0.1, 0.15) is 15.9 Å². The fraction of sp³-hybridized carbons (Fsp3) is 0.118. The molecule has 0 atom stereocenters. The molecule has 2 aromatic carbocycles. The van der Waals surface area contributed by atoms with Crippen molar-refractivity contribution < 1.29 is 4.79 Å². The second-order valence-corrected chi connectivity index (χ2v) is 5.80. The number of carbonyl (C=O) groups excluding carboxylic acids is 1. The first-order chi connectivity index (χ1) is 9.84. The predicted molar refractivity (Wildman–Crippen MR) is 83.6 cm³/mol. The molecule has 2 heterocycles. The maximum atomic E-state index is 12.6. The summed E-state index contributed by atoms with van der Waals surface area (Å²) >= 11 is 1.70. The lowest BCUT2D eigenvalue weighted by Gasteiger charge is -2.17. The molecule has 1 amide bonds. The number of hydrogen-bond acceptors (Lipinski definition) is 2. The molecule has 0 unspecified atom stereocenters. The van der Waals surface area contributed by atoms with Crippen LogP contribution >= 0.6 is 11.3 Å². The minimum Gasteiger partial charge on any atom is -0.307 e. The molecule has 1 aromatic heterocycles. The molecule has 0 aliphatic carbocycles. The summed E-state index contributed by atoms with van der Waals surface area (Å²) < 4.78 is 0. The van der Waals surface area contributed by atoms with E-state index in [1.165, 1.54) is 5.56 Å². The van der Waals surface area contributed by atoms with E-state index in [1.54, 1.807) is 11.3 Å². The molecule has 98 valence electrons. The van der Waals surface area contributed by atoms with Crippen LogP contribution in [0.4, 0.5) is 5.69 Å². The van der Waals surface area contributed by atoms with E-state index in [0.717, 1.165) is 35.0 Å². The van der Waals surface area contributed by atoms with Gasteiger partial charge in [0.1, 0.15) is 0 Å². The molecule has 0 radical (unpaired) electrons. The van der Waals surface area contributed by atoms with Crippen molar-refractivity contribution in [2.24, 2.45) is 0 Å². The quantitative estimate of drug-likeness (QED) is 0.706. The molecule has 1 aliphatic heterocycles. The van der Waals surface area contributed by atoms with Gasteiger partial charge in [0.15, 0.2) is 0 Å². The van der Waals surface area contributed by atoms with Crippen LogP contribution in [0.25, 0.3) is 10.8 Å². The zero-order valence-electron chi connectivity index (χ0n) is 10.9. The molecule has 4 rings (SSSR count). The number of amides is 1. The zero-order valence-corrected chi connectivity index (χ0v) is 11.7. The molecule has 3 heteroatoms. The van der Waals surface area contributed by atoms with E-state index < -0.39 is 0 Å². The predicted octanol–water partition coefficient (Wildman–Crippen LogP) is 4.10. The third-order valence-corrected chi connectivity index (χ3v) is 4.59. The van der Waals surface area contributed by atoms with Crippen molar-refractivity contribution in [3.8, 4) is 0 Å². The lowest BCUT2D eigenvalue weighted by molar-refractivity contribution is 0.0993. The van der Waals surface area contributed by atoms with E-state index in [-0.39, 0.29) is 5.91 Å². The van der Waals surface area contributed by atoms with Crippen molar-refractivity contribution in [3.05, 3.63) is 64.4 Å². The Morgan fingerprint density at radius 1 is 1.05 bits per heavy atom. The summed E-state index contributed by atoms with van der Waals surface area (Å²) in [7, 11) is 0. The molecule has 0 fully saturated rings. The zero-order chi connectivity index (χ0) is 13.5. The van der Waals surface area contributed by atoms with Crippen LogP contribution in [0.2, 0.25) is 0 Å². The van der Waals surface area contributed by atoms with Gasteiger partial charge in [-0.25, -0.2) is 0 Å². The molecule has 0 spiro atoms. The van der Waals surface area contributed by atoms with Crippen LogP contribution in [0.5, 0.6) is 0 Å². The van der Waals surface area contributed by atoms with Crippen LogP contribution < -0.4 is 4.90 Å². The van der Waals surface area contributed by atoms with Crippen molar-refractivity contribution in [1.82, 2.24) is 0 Å². The van der Waals surface area contributed by atoms with E-state index in [9.17, 15) is 4.79 Å². The Labute approximate surface area is 121 Å². The molecule has 0 bridgehead atoms. The van der Waals surface area contributed by atoms with Gasteiger partial charge in [-0.05, 0) is 46.3 Å². The van der Waals surface area contributed by atoms with Gasteiger partial charge in [-0.3, -0.25) is 4.79 Å². The Bertz CT molecular complexity index is 787. The van der Waals surface area contributed by atoms with Gasteiger partial charge in [0.25, 0.3) is 5.91 Å². The van der Waals surface area contributed by atoms with Gasteiger partial charge in [0.05, 0.1) is 5.69 Å². The van der Waals surface area contributed by atoms with E-state index in [2.05, 4.69) is 29.0 Å². The van der Waals surface area contributed by atoms with E-state index >= 15 is 0 Å². The highest BCUT2D eigenvalue weighted by atomic mass is 32.1. The number of thiophene rings is 1. The number of hydrogen-bond donors (Lipinski definition) is 0. The third-order valence-electron chi connectivity index (χ3n) is 3.85. The van der Waals surface area contributed by atoms with Gasteiger partial charge in [0.2, 0.25) is 0 Å². The first kappa shape index (κ1) is 11.7. The molecule has 3 aromatic rings. The van der Waals surface area contributed by atoms with Gasteiger partial charge in [-0.1, -0.05) is 24.3 Å². The molecular formula is C17H13NOS. The van der Waals surface area contributed by atoms with Crippen molar-refractivity contribution in [2.75, 3.05) is 11.4 Å². The molecule has 0 saturated carbocycles. The van der Waals surface area contributed by atoms with Crippen molar-refractivity contribution in [2.45, 2.75) is 6.42 Å². The summed E-state index contributed by atoms with van der Waals surface area (Å²) in [5.41, 5.74) is 3.19. The number of carbonyl (C=O) groups is 1. The summed E-state index contributed by atoms with van der Waals surface area (Å²) in [6.45, 7) is 0.739. The van der Waals surface area contributed by atoms with Gasteiger partial charge < -0.3 is 4.90 Å². The Morgan fingerprint density at radius 2 is 1.90 bits per heavy atom. The number of benzene rings is 2. The van der Waals surface area contributed by atoms with Crippen molar-refractivity contribution >= 4 is 33.7 Å². The van der Waals surface area contributed by atoms with E-state index in [4.69, 9.17) is 0 Å². The molecule has 20 heavy (non-hydrogen) atoms. The van der Waals surface area contributed by atoms with Crippen LogP contribution in [-0.4, -0.2) is 12.5 Å². The monoisotopic (exact) mass is 279 g/mol. The van der Waals surface area contributed by atoms with Crippen molar-refractivity contribution in [1.29, 1.82) is 0 Å². The molecular weight excluding hydrogens is 266 g/mol. The minimum atomic E-state index is 0.132. The van der Waals surface area contributed by atoms with Gasteiger partial charge in [-0.2, -0.15) is 11.3 Å². The SMILES string of the molecule is O=C1c2cccc3cccc(c23)N1CCc1ccsc1. The summed E-state index contributed by atoms with van der Waals surface area (Å²) in [5.74, 6) is 0.132. The molecule has 0 N–H and O–H groups in total. The summed E-state index contributed by atoms with van der Waals surface area (Å²) in [5, 5.41) is 6.47. The molecule has 1 aliphatic rings. The van der Waals surface area contributed by atoms with E-state index in [1.807, 2.05) is 29.2 Å². The average molecular weight is 279 g/mol. The average Bonchev–Trinajstić information content (AvgIpc) is 3.08. The number of rotatable bonds is 3. The van der Waals surface area contributed by atoms with Gasteiger partial charge >= 0.3 is 0 Å². The van der Waals surface area contributed by atoms with Gasteiger partial charge in [0, 0.05) is 17.5 Å². The Morgan fingerprint density at radius 3 is 2.70 bits per heavy atom. The van der Waals surface area contributed by atoms with E-state index in [0.29, 0.717) is 0 Å². The second-order valence-electron chi connectivity index (χ2n) is 5.02. The Balaban J connectivity index is 1.73. The van der Waals surface area contributed by atoms with Crippen LogP contribution in [0, 0.1) is 0 Å². The number of anilines is 1. The van der Waals surface area contributed by atoms with Crippen molar-refractivity contribution in [3.63, 3.8) is 0 Å². The minimum absolute atomic E-state index is 0.132. The van der Waals surface area contributed by atoms with Crippen LogP contribution in [-0.2, 0) is 6.42 Å². The first-order valence-corrected chi connectivity index (χ1v) is 7.63. The summed E-state index contributed by atoms with van der Waals surface area (Å²) in [6.07, 6.45) is 0.902. The lowest BCUT2D eigenvalue weighted by Crippen LogP contribution is -2.28. The highest BCUT2D eigenvalue weighted by molar-refractivity contribution is 7.07. The van der Waals surface area contributed by atoms with Gasteiger partial charge in [-0.15, -0.1) is 0 Å². The maximum absolute atomic E-state index is 12.6. The maximum Gasteiger partial charge on any atom is 0.259 e. The molecule has 0 saturated heterocycles. The first-order valence-electron chi connectivity index (χ1n) is 6.69. The summed E-state index contributed by atoms with van der Waals surface area (Å²) in [4.78, 5) is 14.5. The highest BCUT2D eigenvalue weighted by Gasteiger charge is 2.28. The highest BCUT2D eigenvalue weighted by Crippen LogP contribution is 2.37. The smallest absolute Gasteiger partial charge is 0.259 e. The lowest BCUT2D eigenvalue weighted by atomic mass is 10.1. The topological polar surface area (TPSA) is 20.3 Å². The Hall–Kier alpha value is -2.13. The Kier molecular flexibility index (Phi) is 2.60. The fourth-order valence-electron chi connectivity index (χ4n) is 2.88. The third kappa shape index (κ3) is 1.67. The number of nitrogens with zero attached hydrogens (tertiary/aromatic N) is 1.